The van der Waals surface area contributed by atoms with Gasteiger partial charge in [-0.2, -0.15) is 0 Å². The number of carbonyl (C=O) groups excluding carboxylic acids is 3. The zero-order valence-electron chi connectivity index (χ0n) is 21.7. The third-order valence-corrected chi connectivity index (χ3v) is 8.63. The third kappa shape index (κ3) is 4.51. The molecular formula is C27H39N3O7. The van der Waals surface area contributed by atoms with Crippen molar-refractivity contribution in [2.75, 3.05) is 65.7 Å². The number of likely N-dealkylation sites (tertiary alicyclic amines) is 1. The van der Waals surface area contributed by atoms with Gasteiger partial charge >= 0.3 is 5.97 Å². The fourth-order valence-corrected chi connectivity index (χ4v) is 6.74. The highest BCUT2D eigenvalue weighted by molar-refractivity contribution is 5.99. The molecule has 3 fully saturated rings. The number of nitrogens with zero attached hydrogens (tertiary/aromatic N) is 3. The van der Waals surface area contributed by atoms with E-state index >= 15 is 0 Å². The van der Waals surface area contributed by atoms with Crippen molar-refractivity contribution in [2.45, 2.75) is 49.9 Å². The fraction of sp³-hybridized carbons (Fsp3) is 0.741. The summed E-state index contributed by atoms with van der Waals surface area (Å²) in [6.07, 6.45) is 9.97. The Hall–Kier alpha value is -2.27. The van der Waals surface area contributed by atoms with Crippen molar-refractivity contribution < 1.29 is 33.7 Å². The predicted octanol–water partition coefficient (Wildman–Crippen LogP) is 0.354. The number of hydrogen-bond donors (Lipinski definition) is 1. The summed E-state index contributed by atoms with van der Waals surface area (Å²) in [7, 11) is 0. The molecule has 0 bridgehead atoms. The molecular weight excluding hydrogens is 478 g/mol. The van der Waals surface area contributed by atoms with Gasteiger partial charge in [-0.15, -0.1) is 0 Å². The zero-order chi connectivity index (χ0) is 26.0. The van der Waals surface area contributed by atoms with Crippen molar-refractivity contribution in [3.05, 3.63) is 24.3 Å². The van der Waals surface area contributed by atoms with Gasteiger partial charge in [0.05, 0.1) is 19.1 Å². The second-order valence-corrected chi connectivity index (χ2v) is 10.6. The van der Waals surface area contributed by atoms with E-state index in [9.17, 15) is 19.5 Å². The number of aliphatic hydroxyl groups excluding tert-OH is 1. The van der Waals surface area contributed by atoms with Gasteiger partial charge < -0.3 is 29.1 Å². The molecule has 0 aromatic heterocycles. The van der Waals surface area contributed by atoms with Gasteiger partial charge in [0.15, 0.2) is 0 Å². The number of aliphatic hydroxyl groups is 1. The van der Waals surface area contributed by atoms with E-state index in [-0.39, 0.29) is 25.0 Å². The Balaban J connectivity index is 1.48. The number of unbranched alkanes of at least 4 members (excludes halogenated alkanes) is 2. The van der Waals surface area contributed by atoms with E-state index in [1.54, 1.807) is 11.0 Å². The number of fused-ring (bicyclic) bond motifs is 2. The summed E-state index contributed by atoms with van der Waals surface area (Å²) in [6, 6.07) is -0.848. The first-order valence-electron chi connectivity index (χ1n) is 13.7. The van der Waals surface area contributed by atoms with E-state index in [1.807, 2.05) is 30.1 Å². The molecule has 5 atom stereocenters. The average molecular weight is 518 g/mol. The molecule has 5 aliphatic heterocycles. The molecule has 1 N–H and O–H groups in total. The molecule has 0 radical (unpaired) electrons. The van der Waals surface area contributed by atoms with Gasteiger partial charge in [-0.25, -0.2) is 0 Å². The van der Waals surface area contributed by atoms with Crippen molar-refractivity contribution in [1.29, 1.82) is 0 Å². The molecule has 10 heteroatoms. The second-order valence-electron chi connectivity index (χ2n) is 10.6. The minimum Gasteiger partial charge on any atom is -0.461 e. The normalized spacial score (nSPS) is 35.7. The number of amides is 2. The van der Waals surface area contributed by atoms with Gasteiger partial charge in [-0.05, 0) is 31.8 Å². The molecule has 5 aliphatic rings. The monoisotopic (exact) mass is 517 g/mol. The lowest BCUT2D eigenvalue weighted by molar-refractivity contribution is -0.159. The molecule has 5 heterocycles. The van der Waals surface area contributed by atoms with Crippen LogP contribution in [0.4, 0.5) is 0 Å². The van der Waals surface area contributed by atoms with E-state index in [0.717, 1.165) is 26.1 Å². The molecule has 1 unspecified atom stereocenters. The fourth-order valence-electron chi connectivity index (χ4n) is 6.74. The zero-order valence-corrected chi connectivity index (χ0v) is 21.7. The summed E-state index contributed by atoms with van der Waals surface area (Å²) >= 11 is 0. The molecule has 204 valence electrons. The lowest BCUT2D eigenvalue weighted by atomic mass is 9.73. The van der Waals surface area contributed by atoms with Gasteiger partial charge in [0.2, 0.25) is 11.8 Å². The van der Waals surface area contributed by atoms with Crippen LogP contribution in [0.15, 0.2) is 24.3 Å². The highest BCUT2D eigenvalue weighted by atomic mass is 16.6. The molecule has 2 amide bonds. The van der Waals surface area contributed by atoms with Crippen LogP contribution < -0.4 is 0 Å². The second kappa shape index (κ2) is 10.8. The minimum absolute atomic E-state index is 0.0866. The molecule has 10 nitrogen and oxygen atoms in total. The summed E-state index contributed by atoms with van der Waals surface area (Å²) in [6.45, 7) is 7.29. The Labute approximate surface area is 218 Å². The number of rotatable bonds is 9. The molecule has 0 saturated carbocycles. The molecule has 1 spiro atoms. The van der Waals surface area contributed by atoms with E-state index in [1.165, 1.54) is 0 Å². The van der Waals surface area contributed by atoms with Crippen LogP contribution in [0.5, 0.6) is 0 Å². The largest absolute Gasteiger partial charge is 0.461 e. The number of carbonyl (C=O) groups is 3. The maximum absolute atomic E-state index is 14.2. The third-order valence-electron chi connectivity index (χ3n) is 8.63. The van der Waals surface area contributed by atoms with E-state index in [4.69, 9.17) is 14.2 Å². The van der Waals surface area contributed by atoms with Crippen LogP contribution in [-0.2, 0) is 28.6 Å². The summed E-state index contributed by atoms with van der Waals surface area (Å²) in [5, 5.41) is 9.21. The molecule has 0 aromatic rings. The van der Waals surface area contributed by atoms with Crippen LogP contribution in [0.3, 0.4) is 0 Å². The maximum atomic E-state index is 14.2. The molecule has 37 heavy (non-hydrogen) atoms. The molecule has 0 aromatic carbocycles. The molecule has 5 rings (SSSR count). The SMILES string of the molecule is CC[C@@]12C=CCOC(=O)[C@@H]1[C@H]1C(=O)N(CCCCCO)C3C(=O)N(CCN4CCOCC4)CC=C[C@@]31O2. The number of cyclic esters (lactones) is 1. The predicted molar refractivity (Wildman–Crippen MR) is 133 cm³/mol. The maximum Gasteiger partial charge on any atom is 0.313 e. The quantitative estimate of drug-likeness (QED) is 0.265. The van der Waals surface area contributed by atoms with Gasteiger partial charge in [-0.1, -0.05) is 25.2 Å². The topological polar surface area (TPSA) is 109 Å². The van der Waals surface area contributed by atoms with Crippen molar-refractivity contribution in [3.8, 4) is 0 Å². The van der Waals surface area contributed by atoms with Crippen molar-refractivity contribution in [2.24, 2.45) is 11.8 Å². The van der Waals surface area contributed by atoms with Crippen molar-refractivity contribution in [1.82, 2.24) is 14.7 Å². The number of ether oxygens (including phenoxy) is 3. The first-order chi connectivity index (χ1) is 18.0. The van der Waals surface area contributed by atoms with Gasteiger partial charge in [0, 0.05) is 45.9 Å². The highest BCUT2D eigenvalue weighted by Gasteiger charge is 2.75. The Morgan fingerprint density at radius 2 is 1.78 bits per heavy atom. The lowest BCUT2D eigenvalue weighted by Crippen LogP contribution is -2.57. The summed E-state index contributed by atoms with van der Waals surface area (Å²) in [5.74, 6) is -2.46. The van der Waals surface area contributed by atoms with Crippen molar-refractivity contribution in [3.63, 3.8) is 0 Å². The van der Waals surface area contributed by atoms with Crippen LogP contribution >= 0.6 is 0 Å². The van der Waals surface area contributed by atoms with Gasteiger partial charge in [0.1, 0.15) is 29.8 Å². The number of hydrogen-bond acceptors (Lipinski definition) is 8. The van der Waals surface area contributed by atoms with Crippen LogP contribution in [0, 0.1) is 11.8 Å². The average Bonchev–Trinajstić information content (AvgIpc) is 3.18. The Kier molecular flexibility index (Phi) is 7.72. The first kappa shape index (κ1) is 26.3. The highest BCUT2D eigenvalue weighted by Crippen LogP contribution is 2.58. The van der Waals surface area contributed by atoms with Crippen molar-refractivity contribution >= 4 is 17.8 Å². The van der Waals surface area contributed by atoms with Crippen LogP contribution in [0.2, 0.25) is 0 Å². The van der Waals surface area contributed by atoms with Crippen LogP contribution in [0.25, 0.3) is 0 Å². The van der Waals surface area contributed by atoms with Crippen LogP contribution in [-0.4, -0.2) is 121 Å². The molecule has 3 saturated heterocycles. The Bertz CT molecular complexity index is 948. The number of esters is 1. The minimum atomic E-state index is -1.24. The Morgan fingerprint density at radius 3 is 2.54 bits per heavy atom. The van der Waals surface area contributed by atoms with E-state index < -0.39 is 35.0 Å². The number of morpholine rings is 1. The lowest BCUT2D eigenvalue weighted by Gasteiger charge is -2.38. The summed E-state index contributed by atoms with van der Waals surface area (Å²) in [5.41, 5.74) is -2.23. The smallest absolute Gasteiger partial charge is 0.313 e. The summed E-state index contributed by atoms with van der Waals surface area (Å²) < 4.78 is 17.8. The molecule has 0 aliphatic carbocycles. The first-order valence-corrected chi connectivity index (χ1v) is 13.7. The van der Waals surface area contributed by atoms with Gasteiger partial charge in [0.25, 0.3) is 0 Å². The van der Waals surface area contributed by atoms with E-state index in [0.29, 0.717) is 52.1 Å². The Morgan fingerprint density at radius 1 is 0.973 bits per heavy atom. The standard InChI is InChI=1S/C27H39N3O7/c1-2-26-8-7-17-36-25(34)21(26)20-23(32)30(11-4-3-5-16-31)22-24(33)29(10-6-9-27(20,22)37-26)13-12-28-14-18-35-19-15-28/h6-9,20-22,31H,2-5,10-19H2,1H3/t20-,21-,22?,26+,27-/m0/s1. The van der Waals surface area contributed by atoms with Gasteiger partial charge in [-0.3, -0.25) is 19.3 Å². The summed E-state index contributed by atoms with van der Waals surface area (Å²) in [4.78, 5) is 47.3. The van der Waals surface area contributed by atoms with Crippen LogP contribution in [0.1, 0.15) is 32.6 Å². The van der Waals surface area contributed by atoms with E-state index in [2.05, 4.69) is 4.90 Å².